The molecule has 2 unspecified atom stereocenters. The van der Waals surface area contributed by atoms with Crippen LogP contribution in [0.15, 0.2) is 33.5 Å². The summed E-state index contributed by atoms with van der Waals surface area (Å²) in [4.78, 5) is 24.7. The molecule has 0 spiro atoms. The summed E-state index contributed by atoms with van der Waals surface area (Å²) in [7, 11) is 0. The molecule has 1 aromatic heterocycles. The number of hydrogen-bond acceptors (Lipinski definition) is 4. The van der Waals surface area contributed by atoms with E-state index in [1.54, 1.807) is 19.1 Å². The van der Waals surface area contributed by atoms with Crippen LogP contribution in [0.1, 0.15) is 35.7 Å². The van der Waals surface area contributed by atoms with Gasteiger partial charge in [-0.15, -0.1) is 12.4 Å². The molecule has 0 radical (unpaired) electrons. The highest BCUT2D eigenvalue weighted by Gasteiger charge is 2.25. The SMILES string of the molecule is Cc1c(C(=O)NC2CCCNC2C)c(=O)oc2ccccc12.Cl. The monoisotopic (exact) mass is 336 g/mol. The first-order chi connectivity index (χ1) is 10.6. The molecular weight excluding hydrogens is 316 g/mol. The van der Waals surface area contributed by atoms with Crippen LogP contribution in [0.4, 0.5) is 0 Å². The van der Waals surface area contributed by atoms with Crippen molar-refractivity contribution in [3.63, 3.8) is 0 Å². The Bertz CT molecular complexity index is 772. The molecule has 2 atom stereocenters. The predicted molar refractivity (Wildman–Crippen MR) is 92.4 cm³/mol. The van der Waals surface area contributed by atoms with E-state index >= 15 is 0 Å². The van der Waals surface area contributed by atoms with Gasteiger partial charge in [-0.25, -0.2) is 4.79 Å². The molecule has 1 aliphatic heterocycles. The minimum absolute atomic E-state index is 0. The van der Waals surface area contributed by atoms with E-state index in [-0.39, 0.29) is 36.0 Å². The summed E-state index contributed by atoms with van der Waals surface area (Å²) < 4.78 is 5.28. The standard InChI is InChI=1S/C17H20N2O3.ClH/c1-10-12-6-3-4-8-14(12)22-17(21)15(10)16(20)19-13-7-5-9-18-11(13)2;/h3-4,6,8,11,13,18H,5,7,9H2,1-2H3,(H,19,20);1H. The van der Waals surface area contributed by atoms with Gasteiger partial charge in [-0.3, -0.25) is 4.79 Å². The zero-order chi connectivity index (χ0) is 15.7. The normalized spacial score (nSPS) is 20.8. The first kappa shape index (κ1) is 17.5. The van der Waals surface area contributed by atoms with Crippen LogP contribution in [0.3, 0.4) is 0 Å². The van der Waals surface area contributed by atoms with E-state index in [1.165, 1.54) is 0 Å². The molecule has 23 heavy (non-hydrogen) atoms. The van der Waals surface area contributed by atoms with Crippen molar-refractivity contribution < 1.29 is 9.21 Å². The maximum absolute atomic E-state index is 12.5. The number of halogens is 1. The number of hydrogen-bond donors (Lipinski definition) is 2. The highest BCUT2D eigenvalue weighted by Crippen LogP contribution is 2.19. The zero-order valence-corrected chi connectivity index (χ0v) is 14.0. The zero-order valence-electron chi connectivity index (χ0n) is 13.2. The van der Waals surface area contributed by atoms with Crippen LogP contribution in [0.25, 0.3) is 11.0 Å². The van der Waals surface area contributed by atoms with Crippen LogP contribution in [-0.2, 0) is 0 Å². The van der Waals surface area contributed by atoms with Gasteiger partial charge in [-0.2, -0.15) is 0 Å². The highest BCUT2D eigenvalue weighted by atomic mass is 35.5. The second kappa shape index (κ2) is 7.15. The minimum Gasteiger partial charge on any atom is -0.422 e. The van der Waals surface area contributed by atoms with Crippen LogP contribution in [-0.4, -0.2) is 24.5 Å². The molecule has 124 valence electrons. The van der Waals surface area contributed by atoms with Crippen LogP contribution in [0, 0.1) is 6.92 Å². The number of para-hydroxylation sites is 1. The molecule has 5 nitrogen and oxygen atoms in total. The molecule has 6 heteroatoms. The summed E-state index contributed by atoms with van der Waals surface area (Å²) in [6.45, 7) is 4.79. The fourth-order valence-corrected chi connectivity index (χ4v) is 3.05. The van der Waals surface area contributed by atoms with Crippen molar-refractivity contribution in [1.29, 1.82) is 0 Å². The van der Waals surface area contributed by atoms with Gasteiger partial charge >= 0.3 is 5.63 Å². The summed E-state index contributed by atoms with van der Waals surface area (Å²) in [5.74, 6) is -0.349. The smallest absolute Gasteiger partial charge is 0.349 e. The van der Waals surface area contributed by atoms with Crippen molar-refractivity contribution in [2.75, 3.05) is 6.54 Å². The van der Waals surface area contributed by atoms with E-state index in [4.69, 9.17) is 4.42 Å². The molecule has 0 saturated carbocycles. The molecule has 2 N–H and O–H groups in total. The molecule has 1 aliphatic rings. The summed E-state index contributed by atoms with van der Waals surface area (Å²) in [6.07, 6.45) is 1.93. The van der Waals surface area contributed by atoms with Gasteiger partial charge in [-0.1, -0.05) is 18.2 Å². The number of rotatable bonds is 2. The molecule has 1 saturated heterocycles. The van der Waals surface area contributed by atoms with E-state index in [0.29, 0.717) is 11.1 Å². The average molecular weight is 337 g/mol. The fraction of sp³-hybridized carbons (Fsp3) is 0.412. The summed E-state index contributed by atoms with van der Waals surface area (Å²) in [5, 5.41) is 7.09. The topological polar surface area (TPSA) is 71.3 Å². The largest absolute Gasteiger partial charge is 0.422 e. The fourth-order valence-electron chi connectivity index (χ4n) is 3.05. The Morgan fingerprint density at radius 1 is 1.35 bits per heavy atom. The van der Waals surface area contributed by atoms with E-state index in [0.717, 1.165) is 24.8 Å². The van der Waals surface area contributed by atoms with E-state index < -0.39 is 5.63 Å². The molecule has 2 heterocycles. The summed E-state index contributed by atoms with van der Waals surface area (Å²) in [5.41, 5.74) is 0.705. The van der Waals surface area contributed by atoms with E-state index in [2.05, 4.69) is 10.6 Å². The number of carbonyl (C=O) groups excluding carboxylic acids is 1. The average Bonchev–Trinajstić information content (AvgIpc) is 2.49. The number of aryl methyl sites for hydroxylation is 1. The van der Waals surface area contributed by atoms with Crippen LogP contribution in [0.5, 0.6) is 0 Å². The maximum Gasteiger partial charge on any atom is 0.349 e. The van der Waals surface area contributed by atoms with Gasteiger partial charge in [0, 0.05) is 17.5 Å². The van der Waals surface area contributed by atoms with Gasteiger partial charge in [0.25, 0.3) is 5.91 Å². The molecule has 1 amide bonds. The van der Waals surface area contributed by atoms with Crippen molar-refractivity contribution in [1.82, 2.24) is 10.6 Å². The van der Waals surface area contributed by atoms with Crippen LogP contribution >= 0.6 is 12.4 Å². The molecule has 3 rings (SSSR count). The summed E-state index contributed by atoms with van der Waals surface area (Å²) in [6, 6.07) is 7.49. The number of amides is 1. The third kappa shape index (κ3) is 3.41. The quantitative estimate of drug-likeness (QED) is 0.826. The lowest BCUT2D eigenvalue weighted by Gasteiger charge is -2.30. The Hall–Kier alpha value is -1.85. The van der Waals surface area contributed by atoms with Crippen molar-refractivity contribution in [2.45, 2.75) is 38.8 Å². The van der Waals surface area contributed by atoms with E-state index in [1.807, 2.05) is 19.1 Å². The van der Waals surface area contributed by atoms with Crippen molar-refractivity contribution in [3.05, 3.63) is 45.8 Å². The molecule has 1 aromatic carbocycles. The lowest BCUT2D eigenvalue weighted by Crippen LogP contribution is -2.52. The highest BCUT2D eigenvalue weighted by molar-refractivity contribution is 5.99. The molecule has 0 aliphatic carbocycles. The summed E-state index contributed by atoms with van der Waals surface area (Å²) >= 11 is 0. The number of benzene rings is 1. The van der Waals surface area contributed by atoms with Gasteiger partial charge in [0.1, 0.15) is 11.1 Å². The molecule has 0 bridgehead atoms. The van der Waals surface area contributed by atoms with Gasteiger partial charge in [0.2, 0.25) is 0 Å². The Labute approximate surface area is 140 Å². The van der Waals surface area contributed by atoms with E-state index in [9.17, 15) is 9.59 Å². The predicted octanol–water partition coefficient (Wildman–Crippen LogP) is 2.39. The Morgan fingerprint density at radius 2 is 2.09 bits per heavy atom. The second-order valence-corrected chi connectivity index (χ2v) is 5.85. The van der Waals surface area contributed by atoms with Crippen molar-refractivity contribution >= 4 is 29.3 Å². The van der Waals surface area contributed by atoms with Crippen LogP contribution in [0.2, 0.25) is 0 Å². The first-order valence-corrected chi connectivity index (χ1v) is 7.64. The molecule has 1 fully saturated rings. The Kier molecular flexibility index (Phi) is 5.44. The number of fused-ring (bicyclic) bond motifs is 1. The lowest BCUT2D eigenvalue weighted by molar-refractivity contribution is 0.0915. The second-order valence-electron chi connectivity index (χ2n) is 5.85. The Morgan fingerprint density at radius 3 is 2.83 bits per heavy atom. The molecular formula is C17H21ClN2O3. The number of piperidine rings is 1. The van der Waals surface area contributed by atoms with Crippen LogP contribution < -0.4 is 16.3 Å². The van der Waals surface area contributed by atoms with Gasteiger partial charge in [-0.05, 0) is 44.9 Å². The van der Waals surface area contributed by atoms with Gasteiger partial charge in [0.05, 0.1) is 0 Å². The van der Waals surface area contributed by atoms with Gasteiger partial charge < -0.3 is 15.1 Å². The number of carbonyl (C=O) groups is 1. The first-order valence-electron chi connectivity index (χ1n) is 7.64. The number of nitrogens with one attached hydrogen (secondary N) is 2. The third-order valence-electron chi connectivity index (χ3n) is 4.38. The van der Waals surface area contributed by atoms with Crippen molar-refractivity contribution in [2.24, 2.45) is 0 Å². The third-order valence-corrected chi connectivity index (χ3v) is 4.38. The van der Waals surface area contributed by atoms with Gasteiger partial charge in [0.15, 0.2) is 0 Å². The lowest BCUT2D eigenvalue weighted by atomic mass is 9.99. The Balaban J connectivity index is 0.00000192. The molecule has 2 aromatic rings. The minimum atomic E-state index is -0.579. The maximum atomic E-state index is 12.5. The van der Waals surface area contributed by atoms with Crippen molar-refractivity contribution in [3.8, 4) is 0 Å².